The molecule has 0 aromatic heterocycles. The van der Waals surface area contributed by atoms with Crippen molar-refractivity contribution in [3.8, 4) is 0 Å². The molecule has 22 N–H and O–H groups in total. The van der Waals surface area contributed by atoms with Crippen molar-refractivity contribution in [3.63, 3.8) is 0 Å². The third kappa shape index (κ3) is 33.8. The Morgan fingerprint density at radius 2 is 0.636 bits per heavy atom. The van der Waals surface area contributed by atoms with E-state index in [9.17, 15) is 74.4 Å². The lowest BCUT2D eigenvalue weighted by molar-refractivity contribution is -0.318. The second-order valence-electron chi connectivity index (χ2n) is 26.5. The molecule has 5 aromatic rings. The number of benzene rings is 5. The lowest BCUT2D eigenvalue weighted by atomic mass is 9.87. The van der Waals surface area contributed by atoms with E-state index in [-0.39, 0.29) is 23.4 Å². The number of ether oxygens (including phenoxy) is 4. The van der Waals surface area contributed by atoms with E-state index in [0.29, 0.717) is 77.4 Å². The topological polar surface area (TPSA) is 524 Å². The normalized spacial score (nSPS) is 19.7. The average Bonchev–Trinajstić information content (AvgIpc) is 0.794. The fourth-order valence-corrected chi connectivity index (χ4v) is 9.48. The molecular formula is C71H100Cl4N10O22. The van der Waals surface area contributed by atoms with E-state index in [0.717, 1.165) is 16.8 Å². The number of aliphatic hydroxyl groups is 8. The Labute approximate surface area is 640 Å². The standard InChI is InChI=1S/C18H25ClN2O8.C16H22N2O8.C13H19ClN2O.C12H17ClN2O2.C10H14N2O2.C2H3ClO/c1-18(2,9-3-5-10(6-4-9)21-17(27)20-8-7-19)29-16-13(24)11(22)12(23)14(28-16)15(25)26;1-16(2,7-3-5-8(6-4-7)18-15(17)24)26-14-11(21)9(19)10(20)12(25-14)13(22)23;1-13(2,3)10-4-6-11(7-5-10)16-12(17)15-9-8-14;1-12(2,17)9-3-5-10(6-4-9)15-11(16)14-8-7-13;1-10(2,14)7-3-5-8(6-4-7)12-9(11)13;3-1-2-4/h3-6,11-14,16,22-24H,7-8H2,1-2H3,(H,25,26)(H2,20,21,27);3-6,9-12,14,19-21H,1-2H3,(H,22,23)(H3,17,18,24);4-7H,8-9H2,1-3H3,(H2,15,16,17);3-6,17H,7-8H2,1-2H3,(H2,14,15,16);3-6,14H,1-2H3,(H3,11,12,13);2H,1H2/t11-,12+,13?,14?,16+;9-,10+,11?,12?,14+;;;;/m11..../s1. The zero-order chi connectivity index (χ0) is 81.4. The van der Waals surface area contributed by atoms with Gasteiger partial charge in [-0.25, -0.2) is 33.6 Å². The molecule has 2 fully saturated rings. The molecule has 2 heterocycles. The van der Waals surface area contributed by atoms with Gasteiger partial charge in [-0.2, -0.15) is 0 Å². The molecule has 36 heteroatoms. The predicted molar refractivity (Wildman–Crippen MR) is 405 cm³/mol. The molecule has 7 rings (SSSR count). The van der Waals surface area contributed by atoms with Gasteiger partial charge in [-0.3, -0.25) is 0 Å². The molecule has 0 aliphatic carbocycles. The van der Waals surface area contributed by atoms with Gasteiger partial charge in [0.2, 0.25) is 0 Å². The van der Waals surface area contributed by atoms with Gasteiger partial charge >= 0.3 is 42.1 Å². The Bertz CT molecular complexity index is 3500. The predicted octanol–water partition coefficient (Wildman–Crippen LogP) is 6.96. The summed E-state index contributed by atoms with van der Waals surface area (Å²) in [5, 5.41) is 118. The monoisotopic (exact) mass is 1580 g/mol. The molecule has 107 heavy (non-hydrogen) atoms. The molecule has 2 saturated heterocycles. The number of hydrogen-bond donors (Lipinski definition) is 20. The van der Waals surface area contributed by atoms with E-state index in [1.807, 2.05) is 24.3 Å². The van der Waals surface area contributed by atoms with Crippen LogP contribution in [0.5, 0.6) is 0 Å². The van der Waals surface area contributed by atoms with Gasteiger partial charge in [0.25, 0.3) is 0 Å². The highest BCUT2D eigenvalue weighted by atomic mass is 35.5. The van der Waals surface area contributed by atoms with Gasteiger partial charge in [0.1, 0.15) is 42.9 Å². The van der Waals surface area contributed by atoms with Crippen LogP contribution in [0.1, 0.15) is 104 Å². The van der Waals surface area contributed by atoms with E-state index in [1.54, 1.807) is 152 Å². The van der Waals surface area contributed by atoms with Gasteiger partial charge in [0, 0.05) is 65.7 Å². The van der Waals surface area contributed by atoms with Gasteiger partial charge in [0.15, 0.2) is 24.8 Å². The summed E-state index contributed by atoms with van der Waals surface area (Å²) in [6.45, 7) is 21.1. The first-order chi connectivity index (χ1) is 49.8. The smallest absolute Gasteiger partial charge is 0.335 e. The van der Waals surface area contributed by atoms with Crippen LogP contribution in [0.15, 0.2) is 121 Å². The van der Waals surface area contributed by atoms with Crippen LogP contribution >= 0.6 is 46.4 Å². The molecule has 594 valence electrons. The number of anilines is 5. The van der Waals surface area contributed by atoms with E-state index >= 15 is 0 Å². The summed E-state index contributed by atoms with van der Waals surface area (Å²) in [6, 6.07) is 32.6. The van der Waals surface area contributed by atoms with Crippen molar-refractivity contribution >= 4 is 123 Å². The molecule has 2 aliphatic rings. The number of halogens is 4. The number of nitrogens with two attached hydrogens (primary N) is 2. The van der Waals surface area contributed by atoms with Crippen LogP contribution in [0.4, 0.5) is 52.4 Å². The minimum absolute atomic E-state index is 0.111. The number of primary amides is 2. The lowest BCUT2D eigenvalue weighted by Crippen LogP contribution is -2.61. The minimum Gasteiger partial charge on any atom is -0.479 e. The van der Waals surface area contributed by atoms with Gasteiger partial charge in [0.05, 0.1) is 28.3 Å². The zero-order valence-electron chi connectivity index (χ0n) is 60.9. The highest BCUT2D eigenvalue weighted by molar-refractivity contribution is 6.24. The molecule has 4 unspecified atom stereocenters. The number of carbonyl (C=O) groups is 8. The van der Waals surface area contributed by atoms with E-state index in [4.69, 9.17) is 91.8 Å². The molecule has 5 aromatic carbocycles. The Hall–Kier alpha value is -8.26. The second-order valence-corrected chi connectivity index (χ2v) is 27.9. The Balaban J connectivity index is 0.000000459. The van der Waals surface area contributed by atoms with Crippen LogP contribution in [-0.2, 0) is 61.2 Å². The molecule has 0 bridgehead atoms. The van der Waals surface area contributed by atoms with Crippen LogP contribution in [0.2, 0.25) is 0 Å². The van der Waals surface area contributed by atoms with Crippen molar-refractivity contribution in [2.45, 2.75) is 165 Å². The summed E-state index contributed by atoms with van der Waals surface area (Å²) in [6.07, 6.45) is -16.2. The number of aldehydes is 1. The van der Waals surface area contributed by atoms with Gasteiger partial charge in [-0.15, -0.1) is 46.4 Å². The number of nitrogens with one attached hydrogen (secondary N) is 8. The number of carboxylic acids is 2. The number of carbonyl (C=O) groups excluding carboxylic acids is 6. The number of aliphatic hydroxyl groups excluding tert-OH is 6. The summed E-state index contributed by atoms with van der Waals surface area (Å²) in [4.78, 5) is 87.1. The zero-order valence-corrected chi connectivity index (χ0v) is 63.9. The van der Waals surface area contributed by atoms with E-state index in [2.05, 4.69) is 63.3 Å². The number of hydrogen-bond acceptors (Lipinski definition) is 20. The summed E-state index contributed by atoms with van der Waals surface area (Å²) >= 11 is 21.3. The average molecular weight is 1590 g/mol. The third-order valence-corrected chi connectivity index (χ3v) is 15.7. The number of aliphatic carboxylic acids is 2. The molecule has 2 aliphatic heterocycles. The summed E-state index contributed by atoms with van der Waals surface area (Å²) in [5.41, 5.74) is 13.4. The largest absolute Gasteiger partial charge is 0.479 e. The highest BCUT2D eigenvalue weighted by Crippen LogP contribution is 2.35. The Kier molecular flexibility index (Phi) is 39.8. The summed E-state index contributed by atoms with van der Waals surface area (Å²) in [7, 11) is 0. The number of urea groups is 5. The van der Waals surface area contributed by atoms with Crippen molar-refractivity contribution < 1.29 is 108 Å². The van der Waals surface area contributed by atoms with Crippen molar-refractivity contribution in [2.75, 3.05) is 69.7 Å². The molecular weight excluding hydrogens is 1490 g/mol. The quantitative estimate of drug-likeness (QED) is 0.0246. The van der Waals surface area contributed by atoms with Crippen molar-refractivity contribution in [2.24, 2.45) is 11.5 Å². The number of amides is 10. The first kappa shape index (κ1) is 94.8. The maximum Gasteiger partial charge on any atom is 0.335 e. The van der Waals surface area contributed by atoms with Crippen LogP contribution in [-0.4, -0.2) is 204 Å². The SMILES string of the molecule is CC(C)(C)c1ccc(NC(=O)NCCCl)cc1.CC(C)(O)c1ccc(NC(=O)NCCCl)cc1.CC(C)(O)c1ccc(NC(N)=O)cc1.CC(C)(O[C@@H]1OC(C(=O)O)[C@@H](O)[C@@H](O)C1O)c1ccc(NC(=O)NCCCl)cc1.CC(C)(O[C@@H]1OC(C(=O)O)[C@@H](O)[C@@H](O)C1O)c1ccc(NC(N)=O)cc1.O=CCCl. The van der Waals surface area contributed by atoms with Crippen LogP contribution < -0.4 is 54.0 Å². The van der Waals surface area contributed by atoms with Crippen molar-refractivity contribution in [1.29, 1.82) is 0 Å². The molecule has 10 atom stereocenters. The number of rotatable bonds is 22. The van der Waals surface area contributed by atoms with E-state index in [1.165, 1.54) is 5.56 Å². The van der Waals surface area contributed by atoms with Gasteiger partial charge in [-0.1, -0.05) is 81.4 Å². The van der Waals surface area contributed by atoms with Gasteiger partial charge in [-0.05, 0) is 149 Å². The minimum atomic E-state index is -1.79. The lowest BCUT2D eigenvalue weighted by Gasteiger charge is -2.41. The number of carboxylic acid groups (broad SMARTS) is 2. The first-order valence-corrected chi connectivity index (χ1v) is 35.0. The molecule has 0 radical (unpaired) electrons. The Morgan fingerprint density at radius 1 is 0.402 bits per heavy atom. The Morgan fingerprint density at radius 3 is 0.841 bits per heavy atom. The highest BCUT2D eigenvalue weighted by Gasteiger charge is 2.50. The fourth-order valence-electron chi connectivity index (χ4n) is 9.19. The fraction of sp³-hybridized carbons (Fsp3) is 0.465. The third-order valence-electron chi connectivity index (χ3n) is 15.1. The van der Waals surface area contributed by atoms with Crippen molar-refractivity contribution in [3.05, 3.63) is 149 Å². The molecule has 32 nitrogen and oxygen atoms in total. The summed E-state index contributed by atoms with van der Waals surface area (Å²) < 4.78 is 21.7. The van der Waals surface area contributed by atoms with E-state index < -0.39 is 114 Å². The van der Waals surface area contributed by atoms with Crippen LogP contribution in [0.3, 0.4) is 0 Å². The first-order valence-electron chi connectivity index (χ1n) is 32.9. The maximum absolute atomic E-state index is 11.7. The van der Waals surface area contributed by atoms with Crippen LogP contribution in [0.25, 0.3) is 0 Å². The maximum atomic E-state index is 11.7. The van der Waals surface area contributed by atoms with Gasteiger partial charge < -0.3 is 129 Å². The number of alkyl halides is 4. The van der Waals surface area contributed by atoms with Crippen LogP contribution in [0, 0.1) is 0 Å². The summed E-state index contributed by atoms with van der Waals surface area (Å²) in [5.74, 6) is -1.78. The molecule has 0 spiro atoms. The molecule has 10 amide bonds. The van der Waals surface area contributed by atoms with Crippen molar-refractivity contribution in [1.82, 2.24) is 16.0 Å². The second kappa shape index (κ2) is 44.9. The molecule has 0 saturated carbocycles.